The fraction of sp³-hybridized carbons (Fsp3) is 0.567. The average Bonchev–Trinajstić information content (AvgIpc) is 2.80. The minimum atomic E-state index is -0.833. The van der Waals surface area contributed by atoms with Gasteiger partial charge in [-0.15, -0.1) is 0 Å². The number of benzene rings is 2. The SMILES string of the molecule is CC(=O)O.Cc1cc(N2CCN(CC(C)(C)O)C[C@H]2C)ccc1N1CCN(Cc2ccccc2)[C@@H](C)C1. The molecule has 2 fully saturated rings. The first-order chi connectivity index (χ1) is 17.4. The normalized spacial score (nSPS) is 21.4. The molecule has 204 valence electrons. The van der Waals surface area contributed by atoms with Crippen LogP contribution < -0.4 is 9.80 Å². The van der Waals surface area contributed by atoms with Gasteiger partial charge < -0.3 is 20.0 Å². The fourth-order valence-electron chi connectivity index (χ4n) is 5.55. The number of hydrogen-bond acceptors (Lipinski definition) is 6. The molecule has 0 unspecified atom stereocenters. The number of nitrogens with zero attached hydrogens (tertiary/aromatic N) is 4. The van der Waals surface area contributed by atoms with Gasteiger partial charge in [0.15, 0.2) is 0 Å². The summed E-state index contributed by atoms with van der Waals surface area (Å²) >= 11 is 0. The molecule has 2 aromatic carbocycles. The molecule has 2 heterocycles. The lowest BCUT2D eigenvalue weighted by molar-refractivity contribution is -0.134. The number of piperazine rings is 2. The maximum Gasteiger partial charge on any atom is 0.300 e. The van der Waals surface area contributed by atoms with E-state index in [0.717, 1.165) is 59.3 Å². The highest BCUT2D eigenvalue weighted by Gasteiger charge is 2.28. The van der Waals surface area contributed by atoms with Crippen molar-refractivity contribution in [3.8, 4) is 0 Å². The van der Waals surface area contributed by atoms with Crippen molar-refractivity contribution < 1.29 is 15.0 Å². The average molecular weight is 511 g/mol. The third-order valence-corrected chi connectivity index (χ3v) is 7.17. The van der Waals surface area contributed by atoms with Crippen LogP contribution in [-0.4, -0.2) is 89.5 Å². The number of hydrogen-bond donors (Lipinski definition) is 2. The summed E-state index contributed by atoms with van der Waals surface area (Å²) in [6.45, 7) is 19.8. The van der Waals surface area contributed by atoms with Crippen LogP contribution in [0.2, 0.25) is 0 Å². The van der Waals surface area contributed by atoms with E-state index in [9.17, 15) is 5.11 Å². The smallest absolute Gasteiger partial charge is 0.300 e. The molecule has 2 aliphatic rings. The number of rotatable bonds is 6. The number of carboxylic acid groups (broad SMARTS) is 1. The Morgan fingerprint density at radius 1 is 0.973 bits per heavy atom. The number of aliphatic carboxylic acids is 1. The second-order valence-electron chi connectivity index (χ2n) is 11.3. The second-order valence-corrected chi connectivity index (χ2v) is 11.3. The van der Waals surface area contributed by atoms with Gasteiger partial charge in [0, 0.05) is 82.7 Å². The standard InChI is InChI=1S/C28H42N4O.C2H4O2/c1-22-17-26(32-16-13-29(18-24(32)3)21-28(4,5)33)11-12-27(22)31-15-14-30(23(2)19-31)20-25-9-7-6-8-10-25;1-2(3)4/h6-12,17,23-24,33H,13-16,18-21H2,1-5H3;1H3,(H,3,4)/t23-,24+;/m0./s1. The lowest BCUT2D eigenvalue weighted by Gasteiger charge is -2.43. The van der Waals surface area contributed by atoms with Gasteiger partial charge in [0.2, 0.25) is 0 Å². The molecule has 0 radical (unpaired) electrons. The monoisotopic (exact) mass is 510 g/mol. The number of anilines is 2. The molecule has 4 rings (SSSR count). The summed E-state index contributed by atoms with van der Waals surface area (Å²) in [7, 11) is 0. The number of carbonyl (C=O) groups is 1. The van der Waals surface area contributed by atoms with Gasteiger partial charge in [0.1, 0.15) is 0 Å². The van der Waals surface area contributed by atoms with E-state index in [0.29, 0.717) is 12.1 Å². The van der Waals surface area contributed by atoms with E-state index >= 15 is 0 Å². The topological polar surface area (TPSA) is 70.5 Å². The molecule has 2 atom stereocenters. The van der Waals surface area contributed by atoms with Crippen molar-refractivity contribution in [1.82, 2.24) is 9.80 Å². The highest BCUT2D eigenvalue weighted by Crippen LogP contribution is 2.30. The lowest BCUT2D eigenvalue weighted by atomic mass is 10.0. The predicted molar refractivity (Wildman–Crippen MR) is 153 cm³/mol. The number of carboxylic acids is 1. The van der Waals surface area contributed by atoms with Gasteiger partial charge in [-0.2, -0.15) is 0 Å². The molecule has 2 saturated heterocycles. The zero-order valence-electron chi connectivity index (χ0n) is 23.5. The first-order valence-electron chi connectivity index (χ1n) is 13.5. The first kappa shape index (κ1) is 29.0. The summed E-state index contributed by atoms with van der Waals surface area (Å²) in [6.07, 6.45) is 0. The van der Waals surface area contributed by atoms with Crippen molar-refractivity contribution in [2.45, 2.75) is 65.8 Å². The van der Waals surface area contributed by atoms with Crippen molar-refractivity contribution in [3.05, 3.63) is 59.7 Å². The summed E-state index contributed by atoms with van der Waals surface area (Å²) in [5.74, 6) is -0.833. The predicted octanol–water partition coefficient (Wildman–Crippen LogP) is 4.08. The van der Waals surface area contributed by atoms with Crippen LogP contribution >= 0.6 is 0 Å². The molecule has 7 nitrogen and oxygen atoms in total. The maximum atomic E-state index is 10.2. The van der Waals surface area contributed by atoms with Crippen LogP contribution in [-0.2, 0) is 11.3 Å². The zero-order valence-corrected chi connectivity index (χ0v) is 23.5. The number of aliphatic hydroxyl groups is 1. The van der Waals surface area contributed by atoms with E-state index in [4.69, 9.17) is 9.90 Å². The molecule has 0 aliphatic carbocycles. The highest BCUT2D eigenvalue weighted by atomic mass is 16.4. The molecule has 0 spiro atoms. The maximum absolute atomic E-state index is 10.2. The Balaban J connectivity index is 0.000000886. The van der Waals surface area contributed by atoms with Crippen LogP contribution in [0.1, 0.15) is 45.7 Å². The van der Waals surface area contributed by atoms with E-state index in [1.807, 2.05) is 13.8 Å². The third kappa shape index (κ3) is 8.73. The summed E-state index contributed by atoms with van der Waals surface area (Å²) < 4.78 is 0. The molecule has 0 amide bonds. The van der Waals surface area contributed by atoms with Crippen molar-refractivity contribution in [2.24, 2.45) is 0 Å². The van der Waals surface area contributed by atoms with Crippen molar-refractivity contribution in [1.29, 1.82) is 0 Å². The first-order valence-corrected chi connectivity index (χ1v) is 13.5. The molecule has 2 N–H and O–H groups in total. The summed E-state index contributed by atoms with van der Waals surface area (Å²) in [4.78, 5) is 19.1. The van der Waals surface area contributed by atoms with Crippen molar-refractivity contribution >= 4 is 17.3 Å². The molecule has 37 heavy (non-hydrogen) atoms. The Kier molecular flexibility index (Phi) is 9.99. The van der Waals surface area contributed by atoms with E-state index in [1.165, 1.54) is 22.5 Å². The van der Waals surface area contributed by atoms with Crippen LogP contribution in [0, 0.1) is 6.92 Å². The molecule has 0 aromatic heterocycles. The van der Waals surface area contributed by atoms with Crippen molar-refractivity contribution in [3.63, 3.8) is 0 Å². The lowest BCUT2D eigenvalue weighted by Crippen LogP contribution is -2.54. The Hall–Kier alpha value is -2.61. The Labute approximate surface area is 223 Å². The van der Waals surface area contributed by atoms with Crippen LogP contribution in [0.25, 0.3) is 0 Å². The molecule has 0 bridgehead atoms. The summed E-state index contributed by atoms with van der Waals surface area (Å²) in [5, 5.41) is 17.6. The molecule has 7 heteroatoms. The van der Waals surface area contributed by atoms with Gasteiger partial charge in [0.05, 0.1) is 5.60 Å². The molecule has 2 aromatic rings. The molecule has 2 aliphatic heterocycles. The minimum Gasteiger partial charge on any atom is -0.481 e. The second kappa shape index (κ2) is 12.8. The number of aryl methyl sites for hydroxylation is 1. The largest absolute Gasteiger partial charge is 0.481 e. The van der Waals surface area contributed by atoms with Crippen molar-refractivity contribution in [2.75, 3.05) is 55.6 Å². The molecular formula is C30H46N4O3. The summed E-state index contributed by atoms with van der Waals surface area (Å²) in [6, 6.07) is 18.8. The van der Waals surface area contributed by atoms with Gasteiger partial charge in [-0.3, -0.25) is 14.6 Å². The molecule has 0 saturated carbocycles. The van der Waals surface area contributed by atoms with Gasteiger partial charge in [0.25, 0.3) is 5.97 Å². The van der Waals surface area contributed by atoms with Crippen LogP contribution in [0.15, 0.2) is 48.5 Å². The summed E-state index contributed by atoms with van der Waals surface area (Å²) in [5.41, 5.74) is 4.82. The van der Waals surface area contributed by atoms with E-state index in [2.05, 4.69) is 88.9 Å². The van der Waals surface area contributed by atoms with E-state index in [-0.39, 0.29) is 0 Å². The minimum absolute atomic E-state index is 0.438. The van der Waals surface area contributed by atoms with Crippen LogP contribution in [0.5, 0.6) is 0 Å². The van der Waals surface area contributed by atoms with Gasteiger partial charge in [-0.1, -0.05) is 30.3 Å². The highest BCUT2D eigenvalue weighted by molar-refractivity contribution is 5.63. The Morgan fingerprint density at radius 2 is 1.65 bits per heavy atom. The number of β-amino-alcohol motifs (C(OH)–C–C–N with tert-alkyl or cyclic N) is 1. The van der Waals surface area contributed by atoms with E-state index < -0.39 is 11.6 Å². The zero-order chi connectivity index (χ0) is 27.2. The Bertz CT molecular complexity index is 1000. The van der Waals surface area contributed by atoms with Crippen LogP contribution in [0.4, 0.5) is 11.4 Å². The fourth-order valence-corrected chi connectivity index (χ4v) is 5.55. The van der Waals surface area contributed by atoms with Gasteiger partial charge in [-0.05, 0) is 63.9 Å². The third-order valence-electron chi connectivity index (χ3n) is 7.17. The van der Waals surface area contributed by atoms with Crippen LogP contribution in [0.3, 0.4) is 0 Å². The van der Waals surface area contributed by atoms with Gasteiger partial charge in [-0.25, -0.2) is 0 Å². The van der Waals surface area contributed by atoms with Gasteiger partial charge >= 0.3 is 0 Å². The van der Waals surface area contributed by atoms with E-state index in [1.54, 1.807) is 0 Å². The quantitative estimate of drug-likeness (QED) is 0.607. The molecular weight excluding hydrogens is 464 g/mol. The Morgan fingerprint density at radius 3 is 2.22 bits per heavy atom.